The van der Waals surface area contributed by atoms with Crippen molar-refractivity contribution >= 4 is 46.1 Å². The van der Waals surface area contributed by atoms with Crippen molar-refractivity contribution in [1.82, 2.24) is 9.55 Å². The fourth-order valence-corrected chi connectivity index (χ4v) is 3.18. The predicted octanol–water partition coefficient (Wildman–Crippen LogP) is 3.52. The van der Waals surface area contributed by atoms with E-state index in [1.165, 1.54) is 0 Å². The van der Waals surface area contributed by atoms with E-state index in [1.807, 2.05) is 37.3 Å². The van der Waals surface area contributed by atoms with Crippen LogP contribution in [0.2, 0.25) is 5.02 Å². The first-order chi connectivity index (χ1) is 12.0. The zero-order valence-electron chi connectivity index (χ0n) is 13.4. The molecule has 1 atom stereocenters. The van der Waals surface area contributed by atoms with Crippen LogP contribution < -0.4 is 10.6 Å². The molecule has 0 fully saturated rings. The highest BCUT2D eigenvalue weighted by Gasteiger charge is 2.34. The number of carbonyl (C=O) groups is 2. The van der Waals surface area contributed by atoms with Gasteiger partial charge in [-0.25, -0.2) is 4.98 Å². The summed E-state index contributed by atoms with van der Waals surface area (Å²) in [6.07, 6.45) is 0.0185. The first-order valence-electron chi connectivity index (χ1n) is 7.87. The Balaban J connectivity index is 1.57. The second kappa shape index (κ2) is 5.89. The molecule has 7 heteroatoms. The van der Waals surface area contributed by atoms with Crippen molar-refractivity contribution in [3.8, 4) is 0 Å². The Bertz CT molecular complexity index is 1010. The molecule has 0 bridgehead atoms. The molecule has 25 heavy (non-hydrogen) atoms. The van der Waals surface area contributed by atoms with E-state index in [-0.39, 0.29) is 18.2 Å². The summed E-state index contributed by atoms with van der Waals surface area (Å²) in [6, 6.07) is 12.2. The lowest BCUT2D eigenvalue weighted by molar-refractivity contribution is -0.123. The summed E-state index contributed by atoms with van der Waals surface area (Å²) in [4.78, 5) is 29.0. The van der Waals surface area contributed by atoms with Gasteiger partial charge in [0.2, 0.25) is 17.8 Å². The minimum atomic E-state index is -0.622. The number of imidazole rings is 1. The molecule has 1 aromatic heterocycles. The fraction of sp³-hybridized carbons (Fsp3) is 0.167. The number of benzene rings is 2. The number of nitrogens with zero attached hydrogens (tertiary/aromatic N) is 2. The predicted molar refractivity (Wildman–Crippen MR) is 96.8 cm³/mol. The zero-order valence-corrected chi connectivity index (χ0v) is 14.2. The van der Waals surface area contributed by atoms with Gasteiger partial charge in [-0.05, 0) is 36.8 Å². The Hall–Kier alpha value is -2.86. The second-order valence-corrected chi connectivity index (χ2v) is 6.42. The maximum absolute atomic E-state index is 12.4. The van der Waals surface area contributed by atoms with Crippen molar-refractivity contribution in [3.63, 3.8) is 0 Å². The van der Waals surface area contributed by atoms with Crippen molar-refractivity contribution in [2.24, 2.45) is 0 Å². The molecule has 1 unspecified atom stereocenters. The summed E-state index contributed by atoms with van der Waals surface area (Å²) in [5.41, 5.74) is 3.15. The molecule has 2 heterocycles. The lowest BCUT2D eigenvalue weighted by atomic mass is 10.1. The standard InChI is InChI=1S/C18H15ClN4O2/c1-10-6-7-11(8-12(10)19)20-16(24)9-15-17(25)22-18-21-13-4-2-3-5-14(13)23(15)18/h2-8,15H,9H2,1H3,(H,20,24)(H,21,22,25). The number of aromatic nitrogens is 2. The molecule has 0 spiro atoms. The van der Waals surface area contributed by atoms with Crippen LogP contribution in [0.5, 0.6) is 0 Å². The molecule has 4 rings (SSSR count). The minimum Gasteiger partial charge on any atom is -0.326 e. The second-order valence-electron chi connectivity index (χ2n) is 6.02. The van der Waals surface area contributed by atoms with Crippen LogP contribution in [0.3, 0.4) is 0 Å². The molecular weight excluding hydrogens is 340 g/mol. The highest BCUT2D eigenvalue weighted by molar-refractivity contribution is 6.31. The van der Waals surface area contributed by atoms with Gasteiger partial charge in [-0.1, -0.05) is 29.8 Å². The summed E-state index contributed by atoms with van der Waals surface area (Å²) in [5.74, 6) is -0.0153. The molecule has 2 amide bonds. The van der Waals surface area contributed by atoms with Crippen molar-refractivity contribution < 1.29 is 9.59 Å². The van der Waals surface area contributed by atoms with E-state index in [0.717, 1.165) is 16.6 Å². The molecule has 6 nitrogen and oxygen atoms in total. The highest BCUT2D eigenvalue weighted by atomic mass is 35.5. The quantitative estimate of drug-likeness (QED) is 0.755. The van der Waals surface area contributed by atoms with E-state index >= 15 is 0 Å². The highest BCUT2D eigenvalue weighted by Crippen LogP contribution is 2.32. The molecule has 126 valence electrons. The number of hydrogen-bond acceptors (Lipinski definition) is 3. The van der Waals surface area contributed by atoms with Crippen LogP contribution in [0.4, 0.5) is 11.6 Å². The van der Waals surface area contributed by atoms with E-state index < -0.39 is 6.04 Å². The maximum atomic E-state index is 12.4. The van der Waals surface area contributed by atoms with Crippen molar-refractivity contribution in [1.29, 1.82) is 0 Å². The topological polar surface area (TPSA) is 76.0 Å². The summed E-state index contributed by atoms with van der Waals surface area (Å²) >= 11 is 6.08. The molecule has 0 saturated carbocycles. The lowest BCUT2D eigenvalue weighted by Crippen LogP contribution is -2.23. The number of rotatable bonds is 3. The van der Waals surface area contributed by atoms with Gasteiger partial charge in [-0.15, -0.1) is 0 Å². The van der Waals surface area contributed by atoms with Gasteiger partial charge >= 0.3 is 0 Å². The van der Waals surface area contributed by atoms with Gasteiger partial charge in [-0.2, -0.15) is 0 Å². The third-order valence-electron chi connectivity index (χ3n) is 4.28. The van der Waals surface area contributed by atoms with Crippen molar-refractivity contribution in [2.75, 3.05) is 10.6 Å². The van der Waals surface area contributed by atoms with Gasteiger partial charge in [0.05, 0.1) is 17.5 Å². The monoisotopic (exact) mass is 354 g/mol. The van der Waals surface area contributed by atoms with Gasteiger partial charge in [-0.3, -0.25) is 19.5 Å². The third-order valence-corrected chi connectivity index (χ3v) is 4.69. The van der Waals surface area contributed by atoms with Gasteiger partial charge in [0, 0.05) is 10.7 Å². The van der Waals surface area contributed by atoms with Gasteiger partial charge in [0.15, 0.2) is 0 Å². The fourth-order valence-electron chi connectivity index (χ4n) is 3.00. The molecule has 2 aromatic carbocycles. The first-order valence-corrected chi connectivity index (χ1v) is 8.24. The van der Waals surface area contributed by atoms with E-state index in [2.05, 4.69) is 15.6 Å². The Kier molecular flexibility index (Phi) is 3.69. The number of amides is 2. The summed E-state index contributed by atoms with van der Waals surface area (Å²) < 4.78 is 1.78. The van der Waals surface area contributed by atoms with Gasteiger partial charge in [0.25, 0.3) is 0 Å². The van der Waals surface area contributed by atoms with Crippen molar-refractivity contribution in [2.45, 2.75) is 19.4 Å². The number of halogens is 1. The smallest absolute Gasteiger partial charge is 0.250 e. The number of nitrogens with one attached hydrogen (secondary N) is 2. The Labute approximate surface area is 148 Å². The molecule has 0 radical (unpaired) electrons. The van der Waals surface area contributed by atoms with Crippen LogP contribution >= 0.6 is 11.6 Å². The van der Waals surface area contributed by atoms with Crippen LogP contribution in [0.25, 0.3) is 11.0 Å². The summed E-state index contributed by atoms with van der Waals surface area (Å²) in [6.45, 7) is 1.89. The van der Waals surface area contributed by atoms with Gasteiger partial charge in [0.1, 0.15) is 6.04 Å². The molecule has 2 N–H and O–H groups in total. The van der Waals surface area contributed by atoms with E-state index in [0.29, 0.717) is 16.7 Å². The van der Waals surface area contributed by atoms with Crippen LogP contribution in [0.15, 0.2) is 42.5 Å². The van der Waals surface area contributed by atoms with Crippen LogP contribution in [0.1, 0.15) is 18.0 Å². The van der Waals surface area contributed by atoms with Crippen LogP contribution in [-0.2, 0) is 9.59 Å². The molecule has 1 aliphatic rings. The summed E-state index contributed by atoms with van der Waals surface area (Å²) in [5, 5.41) is 6.11. The number of carbonyl (C=O) groups excluding carboxylic acids is 2. The molecule has 1 aliphatic heterocycles. The first kappa shape index (κ1) is 15.7. The maximum Gasteiger partial charge on any atom is 0.250 e. The normalized spacial score (nSPS) is 15.9. The van der Waals surface area contributed by atoms with Crippen LogP contribution in [-0.4, -0.2) is 21.4 Å². The largest absolute Gasteiger partial charge is 0.326 e. The van der Waals surface area contributed by atoms with E-state index in [4.69, 9.17) is 11.6 Å². The zero-order chi connectivity index (χ0) is 17.6. The SMILES string of the molecule is Cc1ccc(NC(=O)CC2C(=O)Nc3nc4ccccc4n32)cc1Cl. The van der Waals surface area contributed by atoms with E-state index in [1.54, 1.807) is 16.7 Å². The Morgan fingerprint density at radius 2 is 2.12 bits per heavy atom. The Morgan fingerprint density at radius 1 is 1.32 bits per heavy atom. The average Bonchev–Trinajstić information content (AvgIpc) is 3.07. The van der Waals surface area contributed by atoms with Crippen molar-refractivity contribution in [3.05, 3.63) is 53.1 Å². The number of aryl methyl sites for hydroxylation is 1. The average molecular weight is 355 g/mol. The number of para-hydroxylation sites is 2. The molecule has 0 aliphatic carbocycles. The summed E-state index contributed by atoms with van der Waals surface area (Å²) in [7, 11) is 0. The third kappa shape index (κ3) is 2.74. The number of fused-ring (bicyclic) bond motifs is 3. The Morgan fingerprint density at radius 3 is 2.92 bits per heavy atom. The number of anilines is 2. The lowest BCUT2D eigenvalue weighted by Gasteiger charge is -2.12. The van der Waals surface area contributed by atoms with Crippen LogP contribution in [0, 0.1) is 6.92 Å². The van der Waals surface area contributed by atoms with E-state index in [9.17, 15) is 9.59 Å². The number of hydrogen-bond donors (Lipinski definition) is 2. The minimum absolute atomic E-state index is 0.0185. The molecular formula is C18H15ClN4O2. The molecule has 3 aromatic rings. The molecule has 0 saturated heterocycles. The van der Waals surface area contributed by atoms with Gasteiger partial charge < -0.3 is 5.32 Å².